The molecule has 2 heterocycles. The van der Waals surface area contributed by atoms with Gasteiger partial charge in [-0.3, -0.25) is 19.7 Å². The van der Waals surface area contributed by atoms with Crippen LogP contribution in [0.2, 0.25) is 0 Å². The van der Waals surface area contributed by atoms with Gasteiger partial charge in [-0.15, -0.1) is 0 Å². The second-order valence-electron chi connectivity index (χ2n) is 7.15. The highest BCUT2D eigenvalue weighted by atomic mass is 16.2. The van der Waals surface area contributed by atoms with Gasteiger partial charge >= 0.3 is 6.03 Å². The van der Waals surface area contributed by atoms with E-state index >= 15 is 0 Å². The average Bonchev–Trinajstić information content (AvgIpc) is 2.94. The highest BCUT2D eigenvalue weighted by Crippen LogP contribution is 2.27. The molecule has 1 unspecified atom stereocenters. The molecule has 8 nitrogen and oxygen atoms in total. The molecule has 1 atom stereocenters. The fourth-order valence-corrected chi connectivity index (χ4v) is 3.43. The van der Waals surface area contributed by atoms with Gasteiger partial charge in [-0.2, -0.15) is 0 Å². The van der Waals surface area contributed by atoms with Gasteiger partial charge in [0, 0.05) is 28.2 Å². The van der Waals surface area contributed by atoms with Crippen molar-refractivity contribution in [1.29, 1.82) is 0 Å². The summed E-state index contributed by atoms with van der Waals surface area (Å²) in [4.78, 5) is 50.8. The van der Waals surface area contributed by atoms with Crippen molar-refractivity contribution >= 4 is 34.4 Å². The van der Waals surface area contributed by atoms with Crippen molar-refractivity contribution in [3.8, 4) is 0 Å². The molecule has 29 heavy (non-hydrogen) atoms. The van der Waals surface area contributed by atoms with Crippen molar-refractivity contribution in [1.82, 2.24) is 15.6 Å². The molecule has 0 saturated carbocycles. The summed E-state index contributed by atoms with van der Waals surface area (Å²) in [5.41, 5.74) is 1.35. The van der Waals surface area contributed by atoms with Crippen LogP contribution in [0, 0.1) is 6.92 Å². The van der Waals surface area contributed by atoms with E-state index in [-0.39, 0.29) is 11.5 Å². The third kappa shape index (κ3) is 3.25. The minimum Gasteiger partial charge on any atom is -0.322 e. The molecule has 1 aliphatic heterocycles. The number of benzene rings is 2. The lowest BCUT2D eigenvalue weighted by Crippen LogP contribution is -2.40. The normalized spacial score (nSPS) is 18.4. The molecule has 0 aliphatic carbocycles. The van der Waals surface area contributed by atoms with Crippen molar-refractivity contribution in [3.63, 3.8) is 0 Å². The Hall–Kier alpha value is -3.94. The topological polar surface area (TPSA) is 120 Å². The summed E-state index contributed by atoms with van der Waals surface area (Å²) in [6, 6.07) is 12.7. The van der Waals surface area contributed by atoms with E-state index in [1.165, 1.54) is 6.07 Å². The molecule has 4 amide bonds. The number of amides is 4. The first kappa shape index (κ1) is 18.4. The van der Waals surface area contributed by atoms with Gasteiger partial charge in [0.1, 0.15) is 5.54 Å². The molecule has 8 heteroatoms. The van der Waals surface area contributed by atoms with Crippen LogP contribution in [0.3, 0.4) is 0 Å². The van der Waals surface area contributed by atoms with Crippen LogP contribution in [0.15, 0.2) is 53.3 Å². The van der Waals surface area contributed by atoms with E-state index in [0.717, 1.165) is 10.9 Å². The van der Waals surface area contributed by atoms with Crippen LogP contribution in [0.4, 0.5) is 10.5 Å². The molecule has 3 aromatic rings. The van der Waals surface area contributed by atoms with Crippen LogP contribution >= 0.6 is 0 Å². The number of carbonyl (C=O) groups excluding carboxylic acids is 3. The molecule has 146 valence electrons. The molecule has 1 aliphatic rings. The summed E-state index contributed by atoms with van der Waals surface area (Å²) in [6.07, 6.45) is 0. The zero-order chi connectivity index (χ0) is 20.8. The van der Waals surface area contributed by atoms with Gasteiger partial charge in [0.05, 0.1) is 0 Å². The number of pyridine rings is 1. The van der Waals surface area contributed by atoms with Gasteiger partial charge in [0.2, 0.25) is 5.56 Å². The maximum Gasteiger partial charge on any atom is 0.322 e. The highest BCUT2D eigenvalue weighted by Gasteiger charge is 2.43. The maximum atomic E-state index is 12.7. The number of carbonyl (C=O) groups is 3. The van der Waals surface area contributed by atoms with Crippen LogP contribution in [0.5, 0.6) is 0 Å². The van der Waals surface area contributed by atoms with E-state index in [2.05, 4.69) is 20.9 Å². The van der Waals surface area contributed by atoms with Gasteiger partial charge in [-0.1, -0.05) is 18.2 Å². The first-order valence-corrected chi connectivity index (χ1v) is 8.95. The fourth-order valence-electron chi connectivity index (χ4n) is 3.43. The van der Waals surface area contributed by atoms with E-state index < -0.39 is 17.5 Å². The van der Waals surface area contributed by atoms with E-state index in [0.29, 0.717) is 22.3 Å². The van der Waals surface area contributed by atoms with Crippen molar-refractivity contribution in [2.75, 3.05) is 5.32 Å². The van der Waals surface area contributed by atoms with Crippen LogP contribution < -0.4 is 21.5 Å². The quantitative estimate of drug-likeness (QED) is 0.512. The smallest absolute Gasteiger partial charge is 0.322 e. The first-order valence-electron chi connectivity index (χ1n) is 8.95. The number of imide groups is 1. The Kier molecular flexibility index (Phi) is 4.19. The lowest BCUT2D eigenvalue weighted by Gasteiger charge is -2.21. The molecule has 1 aromatic heterocycles. The second kappa shape index (κ2) is 6.59. The Bertz CT molecular complexity index is 1250. The monoisotopic (exact) mass is 390 g/mol. The number of H-pyrrole nitrogens is 1. The molecule has 0 spiro atoms. The SMILES string of the molecule is Cc1cc(=O)[nH]c2cc(C(=O)Nc3cccc(C4(C)NC(=O)NC4=O)c3)ccc12. The molecule has 0 radical (unpaired) electrons. The Balaban J connectivity index is 1.62. The Labute approximate surface area is 165 Å². The number of aromatic amines is 1. The molecular weight excluding hydrogens is 372 g/mol. The average molecular weight is 390 g/mol. The summed E-state index contributed by atoms with van der Waals surface area (Å²) < 4.78 is 0. The number of hydrogen-bond donors (Lipinski definition) is 4. The number of fused-ring (bicyclic) bond motifs is 1. The van der Waals surface area contributed by atoms with Crippen LogP contribution in [0.25, 0.3) is 10.9 Å². The Morgan fingerprint density at radius 3 is 2.55 bits per heavy atom. The molecule has 1 fully saturated rings. The molecule has 4 rings (SSSR count). The molecule has 2 aromatic carbocycles. The summed E-state index contributed by atoms with van der Waals surface area (Å²) in [5.74, 6) is -0.823. The van der Waals surface area contributed by atoms with Crippen LogP contribution in [-0.4, -0.2) is 22.8 Å². The fraction of sp³-hybridized carbons (Fsp3) is 0.143. The number of rotatable bonds is 3. The lowest BCUT2D eigenvalue weighted by atomic mass is 9.92. The lowest BCUT2D eigenvalue weighted by molar-refractivity contribution is -0.123. The Morgan fingerprint density at radius 2 is 1.83 bits per heavy atom. The van der Waals surface area contributed by atoms with Crippen LogP contribution in [-0.2, 0) is 10.3 Å². The zero-order valence-corrected chi connectivity index (χ0v) is 15.8. The summed E-state index contributed by atoms with van der Waals surface area (Å²) in [6.45, 7) is 3.43. The number of urea groups is 1. The van der Waals surface area contributed by atoms with Crippen molar-refractivity contribution in [3.05, 3.63) is 75.6 Å². The standard InChI is InChI=1S/C21H18N4O4/c1-11-8-17(26)23-16-9-12(6-7-15(11)16)18(27)22-14-5-3-4-13(10-14)21(2)19(28)24-20(29)25-21/h3-10H,1-2H3,(H,22,27)(H,23,26)(H2,24,25,28,29). The van der Waals surface area contributed by atoms with E-state index in [1.807, 2.05) is 6.92 Å². The minimum absolute atomic E-state index is 0.231. The minimum atomic E-state index is -1.21. The van der Waals surface area contributed by atoms with Gasteiger partial charge < -0.3 is 15.6 Å². The number of nitrogens with one attached hydrogen (secondary N) is 4. The first-order chi connectivity index (χ1) is 13.8. The molecule has 4 N–H and O–H groups in total. The predicted octanol–water partition coefficient (Wildman–Crippen LogP) is 2.14. The summed E-state index contributed by atoms with van der Waals surface area (Å²) in [5, 5.41) is 8.45. The van der Waals surface area contributed by atoms with Gasteiger partial charge in [0.25, 0.3) is 11.8 Å². The number of aryl methyl sites for hydroxylation is 1. The van der Waals surface area contributed by atoms with Crippen molar-refractivity contribution in [2.24, 2.45) is 0 Å². The largest absolute Gasteiger partial charge is 0.322 e. The van der Waals surface area contributed by atoms with Gasteiger partial charge in [-0.25, -0.2) is 4.79 Å². The summed E-state index contributed by atoms with van der Waals surface area (Å²) >= 11 is 0. The highest BCUT2D eigenvalue weighted by molar-refractivity contribution is 6.08. The maximum absolute atomic E-state index is 12.7. The second-order valence-corrected chi connectivity index (χ2v) is 7.15. The van der Waals surface area contributed by atoms with E-state index in [1.54, 1.807) is 49.4 Å². The number of aromatic nitrogens is 1. The van der Waals surface area contributed by atoms with Crippen molar-refractivity contribution < 1.29 is 14.4 Å². The van der Waals surface area contributed by atoms with E-state index in [4.69, 9.17) is 0 Å². The Morgan fingerprint density at radius 1 is 1.03 bits per heavy atom. The molecule has 0 bridgehead atoms. The van der Waals surface area contributed by atoms with Crippen LogP contribution in [0.1, 0.15) is 28.4 Å². The van der Waals surface area contributed by atoms with Gasteiger partial charge in [-0.05, 0) is 49.2 Å². The third-order valence-electron chi connectivity index (χ3n) is 5.05. The molecular formula is C21H18N4O4. The third-order valence-corrected chi connectivity index (χ3v) is 5.05. The van der Waals surface area contributed by atoms with Gasteiger partial charge in [0.15, 0.2) is 0 Å². The van der Waals surface area contributed by atoms with E-state index in [9.17, 15) is 19.2 Å². The zero-order valence-electron chi connectivity index (χ0n) is 15.8. The molecule has 1 saturated heterocycles. The van der Waals surface area contributed by atoms with Crippen molar-refractivity contribution in [2.45, 2.75) is 19.4 Å². The number of hydrogen-bond acceptors (Lipinski definition) is 4. The summed E-state index contributed by atoms with van der Waals surface area (Å²) in [7, 11) is 0. The number of anilines is 1. The predicted molar refractivity (Wildman–Crippen MR) is 108 cm³/mol.